The molecule has 0 spiro atoms. The van der Waals surface area contributed by atoms with Gasteiger partial charge in [-0.2, -0.15) is 5.06 Å². The molecule has 1 saturated heterocycles. The van der Waals surface area contributed by atoms with E-state index in [1.54, 1.807) is 7.11 Å². The molecule has 0 aromatic heterocycles. The third-order valence-corrected chi connectivity index (χ3v) is 15.8. The van der Waals surface area contributed by atoms with Crippen LogP contribution < -0.4 is 0 Å². The molecule has 5 atom stereocenters. The lowest BCUT2D eigenvalue weighted by Gasteiger charge is -2.53. The van der Waals surface area contributed by atoms with Gasteiger partial charge in [-0.05, 0) is 109 Å². The van der Waals surface area contributed by atoms with Gasteiger partial charge in [0.2, 0.25) is 0 Å². The van der Waals surface area contributed by atoms with Crippen molar-refractivity contribution in [2.24, 2.45) is 29.1 Å². The zero-order valence-corrected chi connectivity index (χ0v) is 30.0. The molecule has 0 N–H and O–H groups in total. The second kappa shape index (κ2) is 13.4. The second-order valence-electron chi connectivity index (χ2n) is 16.1. The Labute approximate surface area is 259 Å². The van der Waals surface area contributed by atoms with Crippen LogP contribution in [0.4, 0.5) is 0 Å². The van der Waals surface area contributed by atoms with E-state index >= 15 is 0 Å². The number of piperidine rings is 1. The Bertz CT molecular complexity index is 990. The highest BCUT2D eigenvalue weighted by atomic mass is 28.4. The van der Waals surface area contributed by atoms with E-state index in [0.717, 1.165) is 37.7 Å². The van der Waals surface area contributed by atoms with Gasteiger partial charge < -0.3 is 9.16 Å². The van der Waals surface area contributed by atoms with E-state index < -0.39 is 13.7 Å². The molecule has 240 valence electrons. The Morgan fingerprint density at radius 1 is 1.05 bits per heavy atom. The molecule has 5 nitrogen and oxygen atoms in total. The van der Waals surface area contributed by atoms with Crippen molar-refractivity contribution in [3.63, 3.8) is 0 Å². The van der Waals surface area contributed by atoms with Crippen molar-refractivity contribution in [1.82, 2.24) is 5.06 Å². The average molecular weight is 602 g/mol. The van der Waals surface area contributed by atoms with Gasteiger partial charge in [0.1, 0.15) is 0 Å². The van der Waals surface area contributed by atoms with Crippen molar-refractivity contribution < 1.29 is 18.8 Å². The summed E-state index contributed by atoms with van der Waals surface area (Å²) in [7, 11) is -0.466. The number of fused-ring (bicyclic) bond motifs is 2. The maximum Gasteiger partial charge on any atom is 0.309 e. The summed E-state index contributed by atoms with van der Waals surface area (Å²) in [5.41, 5.74) is 0.534. The summed E-state index contributed by atoms with van der Waals surface area (Å²) in [6, 6.07) is 0. The first-order valence-electron chi connectivity index (χ1n) is 16.6. The second-order valence-corrected chi connectivity index (χ2v) is 20.9. The molecule has 2 aliphatic carbocycles. The van der Waals surface area contributed by atoms with Crippen LogP contribution in [0.3, 0.4) is 0 Å². The summed E-state index contributed by atoms with van der Waals surface area (Å²) >= 11 is 0. The number of carbonyl (C=O) groups is 1. The zero-order valence-electron chi connectivity index (χ0n) is 29.0. The zero-order chi connectivity index (χ0) is 31.6. The molecular formula is C36H63NO4Si. The van der Waals surface area contributed by atoms with Gasteiger partial charge in [0, 0.05) is 22.4 Å². The van der Waals surface area contributed by atoms with Crippen LogP contribution in [0.1, 0.15) is 107 Å². The minimum atomic E-state index is -2.01. The molecule has 2 fully saturated rings. The summed E-state index contributed by atoms with van der Waals surface area (Å²) in [6.45, 7) is 28.5. The van der Waals surface area contributed by atoms with E-state index in [-0.39, 0.29) is 45.8 Å². The van der Waals surface area contributed by atoms with Gasteiger partial charge >= 0.3 is 5.97 Å². The SMILES string of the molecule is C=C(CO[Si](C)(C)C(C)(C)C)[C@]1(CON2C(C)(C)CCCC2(C)C)[C@@H]2C=C[C@H]1[C@H](CCCCC/C=C/C)[C@H]2C(=O)OC. The van der Waals surface area contributed by atoms with Crippen LogP contribution in [0.15, 0.2) is 36.5 Å². The topological polar surface area (TPSA) is 48.0 Å². The maximum atomic E-state index is 13.5. The summed E-state index contributed by atoms with van der Waals surface area (Å²) < 4.78 is 12.3. The molecule has 1 aliphatic heterocycles. The minimum Gasteiger partial charge on any atom is -0.469 e. The minimum absolute atomic E-state index is 0.00509. The summed E-state index contributed by atoms with van der Waals surface area (Å²) in [6.07, 6.45) is 18.0. The smallest absolute Gasteiger partial charge is 0.309 e. The van der Waals surface area contributed by atoms with Gasteiger partial charge in [0.25, 0.3) is 0 Å². The van der Waals surface area contributed by atoms with Crippen molar-refractivity contribution in [1.29, 1.82) is 0 Å². The van der Waals surface area contributed by atoms with Crippen LogP contribution in [0.25, 0.3) is 0 Å². The molecule has 42 heavy (non-hydrogen) atoms. The third kappa shape index (κ3) is 7.03. The van der Waals surface area contributed by atoms with Crippen molar-refractivity contribution in [2.75, 3.05) is 20.3 Å². The number of hydroxylamine groups is 2. The molecule has 6 heteroatoms. The number of esters is 1. The number of nitrogens with zero attached hydrogens (tertiary/aromatic N) is 1. The van der Waals surface area contributed by atoms with Crippen molar-refractivity contribution >= 4 is 14.3 Å². The van der Waals surface area contributed by atoms with Crippen LogP contribution in [0, 0.1) is 29.1 Å². The Balaban J connectivity index is 1.96. The summed E-state index contributed by atoms with van der Waals surface area (Å²) in [4.78, 5) is 20.5. The van der Waals surface area contributed by atoms with Crippen LogP contribution in [-0.4, -0.2) is 50.8 Å². The van der Waals surface area contributed by atoms with E-state index in [0.29, 0.717) is 13.2 Å². The van der Waals surface area contributed by atoms with E-state index in [1.807, 2.05) is 0 Å². The number of carbonyl (C=O) groups excluding carboxylic acids is 1. The predicted octanol–water partition coefficient (Wildman–Crippen LogP) is 9.27. The number of hydrogen-bond acceptors (Lipinski definition) is 5. The first kappa shape index (κ1) is 35.3. The maximum absolute atomic E-state index is 13.5. The Hall–Kier alpha value is -1.21. The highest BCUT2D eigenvalue weighted by Gasteiger charge is 2.65. The molecule has 1 saturated carbocycles. The van der Waals surface area contributed by atoms with Gasteiger partial charge in [-0.25, -0.2) is 0 Å². The monoisotopic (exact) mass is 601 g/mol. The van der Waals surface area contributed by atoms with Gasteiger partial charge in [0.05, 0.1) is 26.2 Å². The van der Waals surface area contributed by atoms with Crippen LogP contribution >= 0.6 is 0 Å². The predicted molar refractivity (Wildman–Crippen MR) is 178 cm³/mol. The lowest BCUT2D eigenvalue weighted by atomic mass is 9.70. The average Bonchev–Trinajstić information content (AvgIpc) is 3.38. The van der Waals surface area contributed by atoms with Crippen molar-refractivity contribution in [3.05, 3.63) is 36.5 Å². The quantitative estimate of drug-likeness (QED) is 0.0859. The number of ether oxygens (including phenoxy) is 1. The lowest BCUT2D eigenvalue weighted by Crippen LogP contribution is -2.59. The van der Waals surface area contributed by atoms with Gasteiger partial charge in [-0.15, -0.1) is 0 Å². The fraction of sp³-hybridized carbons (Fsp3) is 0.806. The fourth-order valence-electron chi connectivity index (χ4n) is 7.94. The Morgan fingerprint density at radius 3 is 2.24 bits per heavy atom. The van der Waals surface area contributed by atoms with Gasteiger partial charge in [-0.3, -0.25) is 9.63 Å². The molecular weight excluding hydrogens is 538 g/mol. The van der Waals surface area contributed by atoms with Crippen molar-refractivity contribution in [3.8, 4) is 0 Å². The number of unbranched alkanes of at least 4 members (excludes halogenated alkanes) is 3. The fourth-order valence-corrected chi connectivity index (χ4v) is 8.91. The van der Waals surface area contributed by atoms with E-state index in [9.17, 15) is 4.79 Å². The first-order valence-corrected chi connectivity index (χ1v) is 19.5. The van der Waals surface area contributed by atoms with Gasteiger partial charge in [-0.1, -0.05) is 64.5 Å². The largest absolute Gasteiger partial charge is 0.469 e. The standard InChI is InChI=1S/C36H63NO4Si/c1-13-14-15-16-17-18-20-28-29-21-22-30(31(28)32(38)39-10)36(29,27(2)25-41-42(11,12)33(3,4)5)26-40-37-34(6,7)23-19-24-35(37,8)9/h13-14,21-22,28-31H,2,15-20,23-26H2,1,3-12H3/b14-13+/t28-,29-,30+,31+,36-/m0/s1. The number of methoxy groups -OCH3 is 1. The molecule has 1 heterocycles. The molecule has 0 radical (unpaired) electrons. The van der Waals surface area contributed by atoms with Crippen molar-refractivity contribution in [2.45, 2.75) is 136 Å². The highest BCUT2D eigenvalue weighted by molar-refractivity contribution is 6.74. The number of allylic oxidation sites excluding steroid dienone is 4. The lowest BCUT2D eigenvalue weighted by molar-refractivity contribution is -0.293. The van der Waals surface area contributed by atoms with Crippen LogP contribution in [0.2, 0.25) is 18.1 Å². The number of rotatable bonds is 14. The Kier molecular flexibility index (Phi) is 11.3. The Morgan fingerprint density at radius 2 is 1.67 bits per heavy atom. The van der Waals surface area contributed by atoms with E-state index in [2.05, 4.69) is 97.9 Å². The molecule has 3 aliphatic rings. The molecule has 0 aromatic rings. The van der Waals surface area contributed by atoms with Gasteiger partial charge in [0.15, 0.2) is 8.32 Å². The molecule has 0 unspecified atom stereocenters. The van der Waals surface area contributed by atoms with E-state index in [4.69, 9.17) is 20.6 Å². The molecule has 0 amide bonds. The molecule has 0 aromatic carbocycles. The third-order valence-electron chi connectivity index (χ3n) is 11.3. The summed E-state index contributed by atoms with van der Waals surface area (Å²) in [5, 5.41) is 2.38. The van der Waals surface area contributed by atoms with E-state index in [1.165, 1.54) is 19.3 Å². The highest BCUT2D eigenvalue weighted by Crippen LogP contribution is 2.64. The van der Waals surface area contributed by atoms with Crippen LogP contribution in [0.5, 0.6) is 0 Å². The molecule has 2 bridgehead atoms. The number of hydrogen-bond donors (Lipinski definition) is 0. The summed E-state index contributed by atoms with van der Waals surface area (Å²) in [5.74, 6) is 0.107. The first-order chi connectivity index (χ1) is 19.5. The van der Waals surface area contributed by atoms with Crippen LogP contribution in [-0.2, 0) is 18.8 Å². The normalized spacial score (nSPS) is 30.7. The molecule has 3 rings (SSSR count).